The van der Waals surface area contributed by atoms with Gasteiger partial charge >= 0.3 is 0 Å². The Morgan fingerprint density at radius 2 is 2.00 bits per heavy atom. The molecule has 98 valence electrons. The third-order valence-electron chi connectivity index (χ3n) is 2.86. The van der Waals surface area contributed by atoms with E-state index in [0.29, 0.717) is 17.9 Å². The summed E-state index contributed by atoms with van der Waals surface area (Å²) < 4.78 is 6.46. The van der Waals surface area contributed by atoms with Crippen molar-refractivity contribution in [3.63, 3.8) is 0 Å². The van der Waals surface area contributed by atoms with Gasteiger partial charge in [-0.2, -0.15) is 0 Å². The highest BCUT2D eigenvalue weighted by Gasteiger charge is 2.07. The van der Waals surface area contributed by atoms with Crippen LogP contribution in [0.25, 0.3) is 0 Å². The van der Waals surface area contributed by atoms with Crippen molar-refractivity contribution in [2.45, 2.75) is 13.5 Å². The van der Waals surface area contributed by atoms with Gasteiger partial charge in [-0.15, -0.1) is 0 Å². The summed E-state index contributed by atoms with van der Waals surface area (Å²) in [6.07, 6.45) is 0. The zero-order valence-corrected chi connectivity index (χ0v) is 12.1. The van der Waals surface area contributed by atoms with Crippen LogP contribution in [-0.4, -0.2) is 5.91 Å². The Kier molecular flexibility index (Phi) is 4.22. The van der Waals surface area contributed by atoms with E-state index in [9.17, 15) is 4.79 Å². The standard InChI is InChI=1S/C15H14BrNO2/c1-10-4-2-3-5-12(10)9-19-14-7-6-11(15(17)18)8-13(14)16/h2-8H,9H2,1H3,(H2,17,18). The fourth-order valence-corrected chi connectivity index (χ4v) is 2.19. The second-order valence-electron chi connectivity index (χ2n) is 4.22. The molecule has 0 atom stereocenters. The average molecular weight is 320 g/mol. The number of carbonyl (C=O) groups is 1. The monoisotopic (exact) mass is 319 g/mol. The molecule has 2 N–H and O–H groups in total. The maximum absolute atomic E-state index is 11.0. The van der Waals surface area contributed by atoms with Crippen molar-refractivity contribution in [3.8, 4) is 5.75 Å². The Bertz CT molecular complexity index is 611. The minimum Gasteiger partial charge on any atom is -0.488 e. The van der Waals surface area contributed by atoms with E-state index in [1.54, 1.807) is 18.2 Å². The number of primary amides is 1. The van der Waals surface area contributed by atoms with E-state index in [0.717, 1.165) is 10.0 Å². The van der Waals surface area contributed by atoms with Crippen LogP contribution in [0.15, 0.2) is 46.9 Å². The molecule has 0 spiro atoms. The Morgan fingerprint density at radius 3 is 2.63 bits per heavy atom. The molecule has 0 aliphatic rings. The first kappa shape index (κ1) is 13.6. The molecule has 0 heterocycles. The van der Waals surface area contributed by atoms with Crippen molar-refractivity contribution < 1.29 is 9.53 Å². The number of amides is 1. The molecule has 0 saturated heterocycles. The average Bonchev–Trinajstić information content (AvgIpc) is 2.39. The maximum Gasteiger partial charge on any atom is 0.248 e. The predicted octanol–water partition coefficient (Wildman–Crippen LogP) is 3.44. The van der Waals surface area contributed by atoms with Crippen molar-refractivity contribution in [1.29, 1.82) is 0 Å². The number of hydrogen-bond donors (Lipinski definition) is 1. The molecule has 0 aliphatic carbocycles. The van der Waals surface area contributed by atoms with Crippen molar-refractivity contribution in [3.05, 3.63) is 63.6 Å². The van der Waals surface area contributed by atoms with Crippen LogP contribution in [0.4, 0.5) is 0 Å². The van der Waals surface area contributed by atoms with Crippen LogP contribution in [0.3, 0.4) is 0 Å². The SMILES string of the molecule is Cc1ccccc1COc1ccc(C(N)=O)cc1Br. The van der Waals surface area contributed by atoms with Gasteiger partial charge in [0.2, 0.25) is 5.91 Å². The van der Waals surface area contributed by atoms with E-state index in [2.05, 4.69) is 15.9 Å². The number of hydrogen-bond acceptors (Lipinski definition) is 2. The van der Waals surface area contributed by atoms with Crippen molar-refractivity contribution in [2.75, 3.05) is 0 Å². The Labute approximate surface area is 120 Å². The Balaban J connectivity index is 2.12. The largest absolute Gasteiger partial charge is 0.488 e. The molecule has 0 aromatic heterocycles. The first-order valence-corrected chi connectivity index (χ1v) is 6.64. The highest BCUT2D eigenvalue weighted by molar-refractivity contribution is 9.10. The summed E-state index contributed by atoms with van der Waals surface area (Å²) >= 11 is 3.37. The lowest BCUT2D eigenvalue weighted by molar-refractivity contribution is 0.1000. The molecule has 4 heteroatoms. The van der Waals surface area contributed by atoms with Crippen molar-refractivity contribution >= 4 is 21.8 Å². The van der Waals surface area contributed by atoms with Crippen LogP contribution >= 0.6 is 15.9 Å². The normalized spacial score (nSPS) is 10.2. The van der Waals surface area contributed by atoms with Crippen LogP contribution in [0.5, 0.6) is 5.75 Å². The quantitative estimate of drug-likeness (QED) is 0.938. The van der Waals surface area contributed by atoms with Gasteiger partial charge in [0.25, 0.3) is 0 Å². The van der Waals surface area contributed by atoms with Gasteiger partial charge in [0.05, 0.1) is 4.47 Å². The summed E-state index contributed by atoms with van der Waals surface area (Å²) in [6, 6.07) is 13.1. The summed E-state index contributed by atoms with van der Waals surface area (Å²) in [6.45, 7) is 2.53. The lowest BCUT2D eigenvalue weighted by Crippen LogP contribution is -2.10. The van der Waals surface area contributed by atoms with Gasteiger partial charge < -0.3 is 10.5 Å². The van der Waals surface area contributed by atoms with Crippen LogP contribution in [0.1, 0.15) is 21.5 Å². The van der Waals surface area contributed by atoms with Crippen molar-refractivity contribution in [2.24, 2.45) is 5.73 Å². The zero-order valence-electron chi connectivity index (χ0n) is 10.5. The smallest absolute Gasteiger partial charge is 0.248 e. The first-order valence-electron chi connectivity index (χ1n) is 5.84. The number of aryl methyl sites for hydroxylation is 1. The Morgan fingerprint density at radius 1 is 1.26 bits per heavy atom. The highest BCUT2D eigenvalue weighted by atomic mass is 79.9. The minimum atomic E-state index is -0.453. The molecule has 2 aromatic carbocycles. The minimum absolute atomic E-state index is 0.453. The van der Waals surface area contributed by atoms with Gasteiger partial charge in [-0.1, -0.05) is 24.3 Å². The number of halogens is 1. The summed E-state index contributed by atoms with van der Waals surface area (Å²) in [5.74, 6) is 0.236. The molecule has 0 bridgehead atoms. The van der Waals surface area contributed by atoms with Crippen LogP contribution < -0.4 is 10.5 Å². The third kappa shape index (κ3) is 3.35. The fraction of sp³-hybridized carbons (Fsp3) is 0.133. The molecule has 0 unspecified atom stereocenters. The molecule has 0 saturated carbocycles. The molecule has 0 fully saturated rings. The molecule has 0 radical (unpaired) electrons. The second kappa shape index (κ2) is 5.89. The summed E-state index contributed by atoms with van der Waals surface area (Å²) in [5, 5.41) is 0. The predicted molar refractivity (Wildman–Crippen MR) is 78.2 cm³/mol. The van der Waals surface area contributed by atoms with Crippen LogP contribution in [-0.2, 0) is 6.61 Å². The van der Waals surface area contributed by atoms with Gasteiger partial charge in [0, 0.05) is 5.56 Å². The van der Waals surface area contributed by atoms with Crippen LogP contribution in [0.2, 0.25) is 0 Å². The molecular formula is C15H14BrNO2. The van der Waals surface area contributed by atoms with E-state index in [4.69, 9.17) is 10.5 Å². The first-order chi connectivity index (χ1) is 9.08. The molecule has 19 heavy (non-hydrogen) atoms. The fourth-order valence-electron chi connectivity index (χ4n) is 1.70. The zero-order chi connectivity index (χ0) is 13.8. The number of rotatable bonds is 4. The van der Waals surface area contributed by atoms with E-state index >= 15 is 0 Å². The Hall–Kier alpha value is -1.81. The summed E-state index contributed by atoms with van der Waals surface area (Å²) in [4.78, 5) is 11.0. The van der Waals surface area contributed by atoms with Gasteiger partial charge in [-0.25, -0.2) is 0 Å². The van der Waals surface area contributed by atoms with Gasteiger partial charge in [-0.05, 0) is 52.2 Å². The summed E-state index contributed by atoms with van der Waals surface area (Å²) in [7, 11) is 0. The molecule has 1 amide bonds. The molecule has 0 aliphatic heterocycles. The summed E-state index contributed by atoms with van der Waals surface area (Å²) in [5.41, 5.74) is 7.99. The lowest BCUT2D eigenvalue weighted by Gasteiger charge is -2.10. The number of carbonyl (C=O) groups excluding carboxylic acids is 1. The van der Waals surface area contributed by atoms with Crippen LogP contribution in [0, 0.1) is 6.92 Å². The van der Waals surface area contributed by atoms with Gasteiger partial charge in [0.15, 0.2) is 0 Å². The maximum atomic E-state index is 11.0. The molecule has 3 nitrogen and oxygen atoms in total. The van der Waals surface area contributed by atoms with E-state index in [1.807, 2.05) is 31.2 Å². The number of ether oxygens (including phenoxy) is 1. The lowest BCUT2D eigenvalue weighted by atomic mass is 10.1. The topological polar surface area (TPSA) is 52.3 Å². The van der Waals surface area contributed by atoms with E-state index in [-0.39, 0.29) is 0 Å². The number of benzene rings is 2. The van der Waals surface area contributed by atoms with Crippen molar-refractivity contribution in [1.82, 2.24) is 0 Å². The molecule has 2 rings (SSSR count). The second-order valence-corrected chi connectivity index (χ2v) is 5.08. The number of nitrogens with two attached hydrogens (primary N) is 1. The van der Waals surface area contributed by atoms with E-state index < -0.39 is 5.91 Å². The van der Waals surface area contributed by atoms with E-state index in [1.165, 1.54) is 5.56 Å². The third-order valence-corrected chi connectivity index (χ3v) is 3.48. The highest BCUT2D eigenvalue weighted by Crippen LogP contribution is 2.27. The van der Waals surface area contributed by atoms with Gasteiger partial charge in [-0.3, -0.25) is 4.79 Å². The molecule has 2 aromatic rings. The molecular weight excluding hydrogens is 306 g/mol. The van der Waals surface area contributed by atoms with Gasteiger partial charge in [0.1, 0.15) is 12.4 Å².